The van der Waals surface area contributed by atoms with E-state index >= 15 is 0 Å². The van der Waals surface area contributed by atoms with Crippen molar-refractivity contribution in [3.8, 4) is 0 Å². The lowest BCUT2D eigenvalue weighted by Crippen LogP contribution is -2.28. The van der Waals surface area contributed by atoms with Crippen LogP contribution in [0, 0.1) is 0 Å². The van der Waals surface area contributed by atoms with E-state index < -0.39 is 6.10 Å². The lowest BCUT2D eigenvalue weighted by Gasteiger charge is -2.17. The van der Waals surface area contributed by atoms with Crippen molar-refractivity contribution in [3.63, 3.8) is 0 Å². The Balaban J connectivity index is 3.32. The van der Waals surface area contributed by atoms with Gasteiger partial charge in [-0.05, 0) is 12.8 Å². The highest BCUT2D eigenvalue weighted by Crippen LogP contribution is 2.10. The summed E-state index contributed by atoms with van der Waals surface area (Å²) in [4.78, 5) is 0. The molecule has 0 radical (unpaired) electrons. The summed E-state index contributed by atoms with van der Waals surface area (Å²) in [5.74, 6) is 0. The quantitative estimate of drug-likeness (QED) is 0.267. The smallest absolute Gasteiger partial charge is 0.104 e. The number of hydrogen-bond acceptors (Lipinski definition) is 5. The zero-order valence-corrected chi connectivity index (χ0v) is 18.0. The molecule has 2 N–H and O–H groups in total. The van der Waals surface area contributed by atoms with Gasteiger partial charge in [-0.3, -0.25) is 0 Å². The number of hydrogen-bond donors (Lipinski definition) is 2. The summed E-state index contributed by atoms with van der Waals surface area (Å²) in [6, 6.07) is 0. The van der Waals surface area contributed by atoms with Gasteiger partial charge in [0.05, 0.1) is 26.4 Å². The van der Waals surface area contributed by atoms with Gasteiger partial charge < -0.3 is 24.4 Å². The Bertz CT molecular complexity index is 275. The van der Waals surface area contributed by atoms with Crippen LogP contribution in [0.3, 0.4) is 0 Å². The molecule has 0 fully saturated rings. The molecule has 0 heterocycles. The predicted octanol–water partition coefficient (Wildman–Crippen LogP) is 4.48. The highest BCUT2D eigenvalue weighted by molar-refractivity contribution is 4.57. The molecule has 164 valence electrons. The second-order valence-electron chi connectivity index (χ2n) is 7.48. The van der Waals surface area contributed by atoms with Crippen molar-refractivity contribution in [1.29, 1.82) is 0 Å². The van der Waals surface area contributed by atoms with Gasteiger partial charge in [-0.25, -0.2) is 0 Å². The van der Waals surface area contributed by atoms with Crippen molar-refractivity contribution in [3.05, 3.63) is 0 Å². The molecule has 5 heteroatoms. The van der Waals surface area contributed by atoms with E-state index in [1.165, 1.54) is 57.8 Å². The van der Waals surface area contributed by atoms with E-state index in [-0.39, 0.29) is 19.3 Å². The Morgan fingerprint density at radius 1 is 0.630 bits per heavy atom. The summed E-state index contributed by atoms with van der Waals surface area (Å²) in [6.45, 7) is 6.45. The summed E-state index contributed by atoms with van der Waals surface area (Å²) < 4.78 is 16.4. The SMILES string of the molecule is CCCCCCCCCCCCOCC(O)COCC(CO)OCCCC. The second-order valence-corrected chi connectivity index (χ2v) is 7.48. The molecule has 0 aliphatic carbocycles. The molecule has 2 atom stereocenters. The number of ether oxygens (including phenoxy) is 3. The Morgan fingerprint density at radius 2 is 1.19 bits per heavy atom. The van der Waals surface area contributed by atoms with Crippen molar-refractivity contribution < 1.29 is 24.4 Å². The van der Waals surface area contributed by atoms with Crippen LogP contribution in [0.5, 0.6) is 0 Å². The van der Waals surface area contributed by atoms with Crippen molar-refractivity contribution in [2.24, 2.45) is 0 Å². The maximum atomic E-state index is 9.86. The highest BCUT2D eigenvalue weighted by atomic mass is 16.5. The molecule has 0 bridgehead atoms. The number of rotatable bonds is 22. The fourth-order valence-electron chi connectivity index (χ4n) is 2.84. The van der Waals surface area contributed by atoms with Gasteiger partial charge in [0.2, 0.25) is 0 Å². The maximum Gasteiger partial charge on any atom is 0.104 e. The zero-order valence-electron chi connectivity index (χ0n) is 18.0. The van der Waals surface area contributed by atoms with Crippen LogP contribution >= 0.6 is 0 Å². The van der Waals surface area contributed by atoms with E-state index in [0.29, 0.717) is 26.4 Å². The monoisotopic (exact) mass is 390 g/mol. The molecule has 0 spiro atoms. The summed E-state index contributed by atoms with van der Waals surface area (Å²) in [5.41, 5.74) is 0. The van der Waals surface area contributed by atoms with Gasteiger partial charge in [-0.15, -0.1) is 0 Å². The largest absolute Gasteiger partial charge is 0.394 e. The number of aliphatic hydroxyl groups excluding tert-OH is 2. The molecule has 0 aromatic carbocycles. The Kier molecular flexibility index (Phi) is 21.9. The van der Waals surface area contributed by atoms with Crippen molar-refractivity contribution in [2.75, 3.05) is 39.6 Å². The second kappa shape index (κ2) is 22.1. The van der Waals surface area contributed by atoms with Crippen molar-refractivity contribution in [1.82, 2.24) is 0 Å². The van der Waals surface area contributed by atoms with Crippen LogP contribution in [0.25, 0.3) is 0 Å². The van der Waals surface area contributed by atoms with E-state index in [1.54, 1.807) is 0 Å². The van der Waals surface area contributed by atoms with Crippen LogP contribution in [0.2, 0.25) is 0 Å². The molecule has 0 saturated carbocycles. The van der Waals surface area contributed by atoms with Crippen molar-refractivity contribution >= 4 is 0 Å². The standard InChI is InChI=1S/C22H46O5/c1-3-5-7-8-9-10-11-12-13-14-15-25-18-21(24)19-26-20-22(17-23)27-16-6-4-2/h21-24H,3-20H2,1-2H3. The fourth-order valence-corrected chi connectivity index (χ4v) is 2.84. The molecule has 0 aromatic heterocycles. The van der Waals surface area contributed by atoms with E-state index in [9.17, 15) is 10.2 Å². The molecule has 27 heavy (non-hydrogen) atoms. The maximum absolute atomic E-state index is 9.86. The normalized spacial score (nSPS) is 13.8. The van der Waals surface area contributed by atoms with Gasteiger partial charge in [-0.2, -0.15) is 0 Å². The molecule has 2 unspecified atom stereocenters. The zero-order chi connectivity index (χ0) is 20.0. The molecule has 0 amide bonds. The van der Waals surface area contributed by atoms with Crippen molar-refractivity contribution in [2.45, 2.75) is 103 Å². The average Bonchev–Trinajstić information content (AvgIpc) is 2.67. The lowest BCUT2D eigenvalue weighted by molar-refractivity contribution is -0.0705. The van der Waals surface area contributed by atoms with Gasteiger partial charge in [-0.1, -0.05) is 78.1 Å². The molecule has 0 aliphatic heterocycles. The summed E-state index contributed by atoms with van der Waals surface area (Å²) >= 11 is 0. The van der Waals surface area contributed by atoms with Crippen LogP contribution < -0.4 is 0 Å². The third-order valence-electron chi connectivity index (χ3n) is 4.62. The molecule has 5 nitrogen and oxygen atoms in total. The van der Waals surface area contributed by atoms with E-state index in [1.807, 2.05) is 0 Å². The van der Waals surface area contributed by atoms with Gasteiger partial charge in [0.25, 0.3) is 0 Å². The Hall–Kier alpha value is -0.200. The molecule has 0 aliphatic rings. The third-order valence-corrected chi connectivity index (χ3v) is 4.62. The first-order valence-corrected chi connectivity index (χ1v) is 11.3. The van der Waals surface area contributed by atoms with E-state index in [4.69, 9.17) is 14.2 Å². The topological polar surface area (TPSA) is 68.2 Å². The van der Waals surface area contributed by atoms with E-state index in [2.05, 4.69) is 13.8 Å². The summed E-state index contributed by atoms with van der Waals surface area (Å²) in [6.07, 6.45) is 14.2. The van der Waals surface area contributed by atoms with Gasteiger partial charge in [0.1, 0.15) is 12.2 Å². The fraction of sp³-hybridized carbons (Fsp3) is 1.00. The number of aliphatic hydroxyl groups is 2. The van der Waals surface area contributed by atoms with Crippen LogP contribution in [0.1, 0.15) is 90.9 Å². The van der Waals surface area contributed by atoms with Crippen LogP contribution in [-0.2, 0) is 14.2 Å². The number of unbranched alkanes of at least 4 members (excludes halogenated alkanes) is 10. The molecule has 0 rings (SSSR count). The minimum atomic E-state index is -0.622. The van der Waals surface area contributed by atoms with Gasteiger partial charge in [0, 0.05) is 13.2 Å². The van der Waals surface area contributed by atoms with Crippen LogP contribution in [0.4, 0.5) is 0 Å². The van der Waals surface area contributed by atoms with E-state index in [0.717, 1.165) is 19.3 Å². The average molecular weight is 391 g/mol. The first kappa shape index (κ1) is 26.8. The molecular formula is C22H46O5. The summed E-state index contributed by atoms with van der Waals surface area (Å²) in [5, 5.41) is 19.1. The Labute approximate surface area is 167 Å². The molecular weight excluding hydrogens is 344 g/mol. The van der Waals surface area contributed by atoms with Crippen LogP contribution in [0.15, 0.2) is 0 Å². The van der Waals surface area contributed by atoms with Crippen LogP contribution in [-0.4, -0.2) is 62.1 Å². The first-order chi connectivity index (χ1) is 13.2. The lowest BCUT2D eigenvalue weighted by atomic mass is 10.1. The minimum absolute atomic E-state index is 0.0605. The molecule has 0 aromatic rings. The predicted molar refractivity (Wildman–Crippen MR) is 111 cm³/mol. The first-order valence-electron chi connectivity index (χ1n) is 11.3. The third kappa shape index (κ3) is 20.3. The van der Waals surface area contributed by atoms with Gasteiger partial charge >= 0.3 is 0 Å². The summed E-state index contributed by atoms with van der Waals surface area (Å²) in [7, 11) is 0. The molecule has 0 saturated heterocycles. The highest BCUT2D eigenvalue weighted by Gasteiger charge is 2.10. The minimum Gasteiger partial charge on any atom is -0.394 e. The Morgan fingerprint density at radius 3 is 1.78 bits per heavy atom. The van der Waals surface area contributed by atoms with Gasteiger partial charge in [0.15, 0.2) is 0 Å².